The second-order valence-electron chi connectivity index (χ2n) is 6.24. The van der Waals surface area contributed by atoms with Gasteiger partial charge in [-0.25, -0.2) is 4.79 Å². The lowest BCUT2D eigenvalue weighted by atomic mass is 10.1. The highest BCUT2D eigenvalue weighted by Gasteiger charge is 2.21. The summed E-state index contributed by atoms with van der Waals surface area (Å²) in [5.74, 6) is -1.18. The Morgan fingerprint density at radius 3 is 2.62 bits per heavy atom. The van der Waals surface area contributed by atoms with Gasteiger partial charge in [0.2, 0.25) is 0 Å². The first-order chi connectivity index (χ1) is 13.8. The van der Waals surface area contributed by atoms with Crippen molar-refractivity contribution in [2.24, 2.45) is 0 Å². The lowest BCUT2D eigenvalue weighted by Crippen LogP contribution is -2.19. The molecule has 0 aliphatic heterocycles. The highest BCUT2D eigenvalue weighted by atomic mass is 19.3. The molecule has 2 aromatic heterocycles. The lowest BCUT2D eigenvalue weighted by molar-refractivity contribution is 0.0520. The largest absolute Gasteiger partial charge is 0.465 e. The number of nitrogens with zero attached hydrogens (tertiary/aromatic N) is 4. The third-order valence-electron chi connectivity index (χ3n) is 4.45. The van der Waals surface area contributed by atoms with E-state index in [2.05, 4.69) is 15.5 Å². The summed E-state index contributed by atoms with van der Waals surface area (Å²) in [5, 5.41) is 10.5. The van der Waals surface area contributed by atoms with Gasteiger partial charge in [0.05, 0.1) is 36.3 Å². The van der Waals surface area contributed by atoms with Gasteiger partial charge in [0.1, 0.15) is 5.69 Å². The van der Waals surface area contributed by atoms with Gasteiger partial charge in [0.25, 0.3) is 5.91 Å². The number of anilines is 1. The van der Waals surface area contributed by atoms with Crippen LogP contribution >= 0.6 is 0 Å². The zero-order valence-corrected chi connectivity index (χ0v) is 16.0. The standard InChI is InChI=1S/C19H19F2N5O3/c1-11-16(23-17(27)15-8-9-22-26(15)19(20)21)12(2)25(24-11)10-13-6-4-5-7-14(13)18(28)29-3/h4-9,19H,10H2,1-3H3,(H,23,27). The predicted molar refractivity (Wildman–Crippen MR) is 100 cm³/mol. The number of rotatable bonds is 6. The van der Waals surface area contributed by atoms with E-state index in [1.54, 1.807) is 42.8 Å². The van der Waals surface area contributed by atoms with Crippen LogP contribution in [0.4, 0.5) is 14.5 Å². The Labute approximate surface area is 165 Å². The van der Waals surface area contributed by atoms with Gasteiger partial charge >= 0.3 is 12.5 Å². The number of carbonyl (C=O) groups is 2. The normalized spacial score (nSPS) is 11.0. The molecule has 1 amide bonds. The number of halogens is 2. The van der Waals surface area contributed by atoms with Gasteiger partial charge in [0.15, 0.2) is 0 Å². The first-order valence-corrected chi connectivity index (χ1v) is 8.66. The van der Waals surface area contributed by atoms with Crippen molar-refractivity contribution in [1.29, 1.82) is 0 Å². The van der Waals surface area contributed by atoms with Crippen molar-refractivity contribution in [2.45, 2.75) is 26.9 Å². The second-order valence-corrected chi connectivity index (χ2v) is 6.24. The summed E-state index contributed by atoms with van der Waals surface area (Å²) in [7, 11) is 1.31. The van der Waals surface area contributed by atoms with E-state index in [0.717, 1.165) is 6.20 Å². The second kappa shape index (κ2) is 8.21. The first-order valence-electron chi connectivity index (χ1n) is 8.66. The molecule has 0 saturated heterocycles. The van der Waals surface area contributed by atoms with Gasteiger partial charge in [-0.2, -0.15) is 23.7 Å². The van der Waals surface area contributed by atoms with Crippen LogP contribution in [-0.4, -0.2) is 38.5 Å². The quantitative estimate of drug-likeness (QED) is 0.639. The minimum Gasteiger partial charge on any atom is -0.465 e. The number of aryl methyl sites for hydroxylation is 1. The third kappa shape index (κ3) is 4.00. The molecule has 0 atom stereocenters. The highest BCUT2D eigenvalue weighted by molar-refractivity contribution is 6.03. The molecule has 0 saturated carbocycles. The highest BCUT2D eigenvalue weighted by Crippen LogP contribution is 2.23. The summed E-state index contributed by atoms with van der Waals surface area (Å²) < 4.78 is 32.7. The van der Waals surface area contributed by atoms with Crippen molar-refractivity contribution in [3.05, 3.63) is 64.7 Å². The summed E-state index contributed by atoms with van der Waals surface area (Å²) in [6.45, 7) is 0.768. The van der Waals surface area contributed by atoms with Gasteiger partial charge < -0.3 is 10.1 Å². The monoisotopic (exact) mass is 403 g/mol. The molecular formula is C19H19F2N5O3. The lowest BCUT2D eigenvalue weighted by Gasteiger charge is -2.10. The van der Waals surface area contributed by atoms with Crippen molar-refractivity contribution in [2.75, 3.05) is 12.4 Å². The van der Waals surface area contributed by atoms with Gasteiger partial charge in [-0.15, -0.1) is 0 Å². The molecule has 0 bridgehead atoms. The minimum atomic E-state index is -2.93. The summed E-state index contributed by atoms with van der Waals surface area (Å²) in [6.07, 6.45) is 1.13. The number of esters is 1. The fourth-order valence-corrected chi connectivity index (χ4v) is 2.99. The summed E-state index contributed by atoms with van der Waals surface area (Å²) in [6, 6.07) is 8.17. The van der Waals surface area contributed by atoms with Crippen LogP contribution in [0.15, 0.2) is 36.5 Å². The molecule has 0 aliphatic rings. The van der Waals surface area contributed by atoms with Crippen molar-refractivity contribution in [3.8, 4) is 0 Å². The number of aromatic nitrogens is 4. The average Bonchev–Trinajstić information content (AvgIpc) is 3.29. The van der Waals surface area contributed by atoms with Gasteiger partial charge in [-0.05, 0) is 31.5 Å². The van der Waals surface area contributed by atoms with E-state index in [9.17, 15) is 18.4 Å². The van der Waals surface area contributed by atoms with Crippen LogP contribution in [0.3, 0.4) is 0 Å². The number of benzene rings is 1. The van der Waals surface area contributed by atoms with Crippen molar-refractivity contribution >= 4 is 17.6 Å². The van der Waals surface area contributed by atoms with Crippen LogP contribution < -0.4 is 5.32 Å². The Morgan fingerprint density at radius 1 is 1.21 bits per heavy atom. The maximum Gasteiger partial charge on any atom is 0.338 e. The van der Waals surface area contributed by atoms with Crippen LogP contribution in [0.5, 0.6) is 0 Å². The maximum atomic E-state index is 13.0. The van der Waals surface area contributed by atoms with Crippen LogP contribution in [0.25, 0.3) is 0 Å². The molecule has 1 N–H and O–H groups in total. The molecule has 3 rings (SSSR count). The topological polar surface area (TPSA) is 91.0 Å². The molecule has 0 aliphatic carbocycles. The van der Waals surface area contributed by atoms with Crippen LogP contribution in [-0.2, 0) is 11.3 Å². The predicted octanol–water partition coefficient (Wildman–Crippen LogP) is 3.18. The summed E-state index contributed by atoms with van der Waals surface area (Å²) in [4.78, 5) is 24.4. The van der Waals surface area contributed by atoms with Crippen molar-refractivity contribution in [1.82, 2.24) is 19.6 Å². The van der Waals surface area contributed by atoms with Crippen molar-refractivity contribution in [3.63, 3.8) is 0 Å². The maximum absolute atomic E-state index is 13.0. The van der Waals surface area contributed by atoms with E-state index in [-0.39, 0.29) is 12.2 Å². The van der Waals surface area contributed by atoms with E-state index in [0.29, 0.717) is 32.9 Å². The first kappa shape index (κ1) is 20.2. The van der Waals surface area contributed by atoms with Gasteiger partial charge in [-0.3, -0.25) is 9.48 Å². The average molecular weight is 403 g/mol. The number of methoxy groups -OCH3 is 1. The van der Waals surface area contributed by atoms with Crippen LogP contribution in [0.2, 0.25) is 0 Å². The molecule has 2 heterocycles. The molecule has 0 radical (unpaired) electrons. The SMILES string of the molecule is COC(=O)c1ccccc1Cn1nc(C)c(NC(=O)c2ccnn2C(F)F)c1C. The van der Waals surface area contributed by atoms with Gasteiger partial charge in [0, 0.05) is 6.20 Å². The molecule has 0 fully saturated rings. The number of nitrogens with one attached hydrogen (secondary N) is 1. The molecule has 1 aromatic carbocycles. The van der Waals surface area contributed by atoms with E-state index in [1.165, 1.54) is 13.2 Å². The van der Waals surface area contributed by atoms with Crippen LogP contribution in [0.1, 0.15) is 44.3 Å². The Hall–Kier alpha value is -3.56. The molecule has 29 heavy (non-hydrogen) atoms. The number of carbonyl (C=O) groups excluding carboxylic acids is 2. The number of hydrogen-bond donors (Lipinski definition) is 1. The number of ether oxygens (including phenoxy) is 1. The van der Waals surface area contributed by atoms with Crippen molar-refractivity contribution < 1.29 is 23.1 Å². The smallest absolute Gasteiger partial charge is 0.338 e. The molecule has 152 valence electrons. The molecule has 3 aromatic rings. The van der Waals surface area contributed by atoms with E-state index in [1.807, 2.05) is 0 Å². The minimum absolute atomic E-state index is 0.261. The van der Waals surface area contributed by atoms with E-state index < -0.39 is 18.4 Å². The molecule has 0 unspecified atom stereocenters. The fourth-order valence-electron chi connectivity index (χ4n) is 2.99. The van der Waals surface area contributed by atoms with Crippen LogP contribution in [0, 0.1) is 13.8 Å². The Kier molecular flexibility index (Phi) is 5.71. The Morgan fingerprint density at radius 2 is 1.93 bits per heavy atom. The van der Waals surface area contributed by atoms with E-state index in [4.69, 9.17) is 4.74 Å². The Balaban J connectivity index is 1.87. The molecule has 10 heteroatoms. The fraction of sp³-hybridized carbons (Fsp3) is 0.263. The number of amides is 1. The number of hydrogen-bond acceptors (Lipinski definition) is 5. The number of alkyl halides is 2. The molecule has 8 nitrogen and oxygen atoms in total. The summed E-state index contributed by atoms with van der Waals surface area (Å²) in [5.41, 5.74) is 2.37. The molecular weight excluding hydrogens is 384 g/mol. The Bertz CT molecular complexity index is 1060. The van der Waals surface area contributed by atoms with Gasteiger partial charge in [-0.1, -0.05) is 18.2 Å². The zero-order chi connectivity index (χ0) is 21.1. The van der Waals surface area contributed by atoms with E-state index >= 15 is 0 Å². The zero-order valence-electron chi connectivity index (χ0n) is 16.0. The molecule has 0 spiro atoms. The summed E-state index contributed by atoms with van der Waals surface area (Å²) >= 11 is 0. The third-order valence-corrected chi connectivity index (χ3v) is 4.45.